The summed E-state index contributed by atoms with van der Waals surface area (Å²) in [4.78, 5) is 0. The second kappa shape index (κ2) is 33.1. The van der Waals surface area contributed by atoms with Crippen LogP contribution in [-0.2, 0) is 0 Å². The van der Waals surface area contributed by atoms with Crippen LogP contribution in [0.1, 0.15) is 60.8 Å². The molecule has 0 radical (unpaired) electrons. The van der Waals surface area contributed by atoms with Crippen molar-refractivity contribution in [3.63, 3.8) is 0 Å². The molecule has 0 aliphatic carbocycles. The SMILES string of the molecule is C/C=C\C.CCC.CCCC. The number of rotatable bonds is 1. The van der Waals surface area contributed by atoms with E-state index in [9.17, 15) is 0 Å². The molecular weight excluding hydrogens is 132 g/mol. The van der Waals surface area contributed by atoms with Gasteiger partial charge in [0.05, 0.1) is 0 Å². The monoisotopic (exact) mass is 158 g/mol. The molecule has 0 heteroatoms. The van der Waals surface area contributed by atoms with E-state index in [2.05, 4.69) is 27.7 Å². The molecule has 0 rings (SSSR count). The Kier molecular flexibility index (Phi) is 51.2. The molecule has 70 valence electrons. The normalized spacial score (nSPS) is 7.82. The third-order valence-corrected chi connectivity index (χ3v) is 0.833. The van der Waals surface area contributed by atoms with E-state index in [1.165, 1.54) is 19.3 Å². The Balaban J connectivity index is -0.0000000886. The molecule has 0 aliphatic heterocycles. The van der Waals surface area contributed by atoms with Crippen LogP contribution >= 0.6 is 0 Å². The van der Waals surface area contributed by atoms with Crippen LogP contribution in [0.4, 0.5) is 0 Å². The third-order valence-electron chi connectivity index (χ3n) is 0.833. The van der Waals surface area contributed by atoms with Gasteiger partial charge < -0.3 is 0 Å². The quantitative estimate of drug-likeness (QED) is 0.481. The second-order valence-corrected chi connectivity index (χ2v) is 2.37. The van der Waals surface area contributed by atoms with Gasteiger partial charge in [-0.15, -0.1) is 0 Å². The van der Waals surface area contributed by atoms with Crippen LogP contribution in [0.15, 0.2) is 12.2 Å². The highest BCUT2D eigenvalue weighted by molar-refractivity contribution is 4.68. The molecular formula is C11H26. The van der Waals surface area contributed by atoms with E-state index in [-0.39, 0.29) is 0 Å². The summed E-state index contributed by atoms with van der Waals surface area (Å²) in [7, 11) is 0. The maximum absolute atomic E-state index is 2.18. The standard InChI is InChI=1S/C4H10.C4H8.C3H8/c2*1-3-4-2;1-3-2/h3-4H2,1-2H3;3-4H,1-2H3;3H2,1-2H3/b;4-3-;. The maximum Gasteiger partial charge on any atom is -0.0470 e. The van der Waals surface area contributed by atoms with Gasteiger partial charge in [0.2, 0.25) is 0 Å². The van der Waals surface area contributed by atoms with Crippen molar-refractivity contribution in [2.75, 3.05) is 0 Å². The zero-order chi connectivity index (χ0) is 9.54. The molecule has 0 aromatic rings. The Morgan fingerprint density at radius 3 is 0.909 bits per heavy atom. The van der Waals surface area contributed by atoms with Crippen molar-refractivity contribution in [3.05, 3.63) is 12.2 Å². The first kappa shape index (κ1) is 17.0. The minimum absolute atomic E-state index is 1.25. The zero-order valence-corrected chi connectivity index (χ0v) is 9.28. The number of unbranched alkanes of at least 4 members (excludes halogenated alkanes) is 1. The first-order valence-corrected chi connectivity index (χ1v) is 4.82. The summed E-state index contributed by atoms with van der Waals surface area (Å²) >= 11 is 0. The summed E-state index contributed by atoms with van der Waals surface area (Å²) in [5, 5.41) is 0. The molecule has 0 spiro atoms. The average molecular weight is 158 g/mol. The molecule has 0 aromatic carbocycles. The average Bonchev–Trinajstić information content (AvgIpc) is 2.06. The van der Waals surface area contributed by atoms with Gasteiger partial charge in [-0.05, 0) is 13.8 Å². The van der Waals surface area contributed by atoms with Gasteiger partial charge in [-0.2, -0.15) is 0 Å². The summed E-state index contributed by atoms with van der Waals surface area (Å²) in [5.74, 6) is 0. The molecule has 0 aliphatic rings. The molecule has 11 heavy (non-hydrogen) atoms. The van der Waals surface area contributed by atoms with Gasteiger partial charge in [0.15, 0.2) is 0 Å². The molecule has 0 heterocycles. The van der Waals surface area contributed by atoms with Crippen LogP contribution in [0.3, 0.4) is 0 Å². The van der Waals surface area contributed by atoms with Crippen molar-refractivity contribution >= 4 is 0 Å². The lowest BCUT2D eigenvalue weighted by molar-refractivity contribution is 0.886. The fourth-order valence-electron chi connectivity index (χ4n) is 0. The molecule has 0 saturated heterocycles. The lowest BCUT2D eigenvalue weighted by atomic mass is 10.4. The Labute approximate surface area is 73.7 Å². The van der Waals surface area contributed by atoms with Crippen LogP contribution in [0.25, 0.3) is 0 Å². The van der Waals surface area contributed by atoms with Gasteiger partial charge in [0.25, 0.3) is 0 Å². The topological polar surface area (TPSA) is 0 Å². The molecule has 0 fully saturated rings. The van der Waals surface area contributed by atoms with Gasteiger partial charge >= 0.3 is 0 Å². The smallest absolute Gasteiger partial charge is 0.0470 e. The summed E-state index contributed by atoms with van der Waals surface area (Å²) in [5.41, 5.74) is 0. The summed E-state index contributed by atoms with van der Waals surface area (Å²) in [6, 6.07) is 0. The maximum atomic E-state index is 2.18. The van der Waals surface area contributed by atoms with Crippen molar-refractivity contribution in [2.45, 2.75) is 60.8 Å². The minimum Gasteiger partial charge on any atom is -0.0919 e. The lowest BCUT2D eigenvalue weighted by Gasteiger charge is -1.68. The second-order valence-electron chi connectivity index (χ2n) is 2.37. The van der Waals surface area contributed by atoms with Gasteiger partial charge in [-0.1, -0.05) is 59.1 Å². The van der Waals surface area contributed by atoms with Crippen LogP contribution < -0.4 is 0 Å². The Bertz CT molecular complexity index is 38.0. The zero-order valence-electron chi connectivity index (χ0n) is 9.28. The highest BCUT2D eigenvalue weighted by Gasteiger charge is 1.56. The summed E-state index contributed by atoms with van der Waals surface area (Å²) in [6.45, 7) is 12.6. The number of allylic oxidation sites excluding steroid dienone is 2. The van der Waals surface area contributed by atoms with Crippen LogP contribution in [0, 0.1) is 0 Å². The minimum atomic E-state index is 1.25. The molecule has 0 atom stereocenters. The highest BCUT2D eigenvalue weighted by atomic mass is 13.6. The third kappa shape index (κ3) is 193. The molecule has 0 bridgehead atoms. The van der Waals surface area contributed by atoms with E-state index < -0.39 is 0 Å². The van der Waals surface area contributed by atoms with Crippen LogP contribution in [0.2, 0.25) is 0 Å². The van der Waals surface area contributed by atoms with Crippen molar-refractivity contribution < 1.29 is 0 Å². The molecule has 0 N–H and O–H groups in total. The number of hydrogen-bond donors (Lipinski definition) is 0. The molecule has 0 unspecified atom stereocenters. The predicted octanol–water partition coefficient (Wildman–Crippen LogP) is 4.81. The first-order valence-electron chi connectivity index (χ1n) is 4.82. The van der Waals surface area contributed by atoms with Crippen molar-refractivity contribution in [1.29, 1.82) is 0 Å². The Morgan fingerprint density at radius 1 is 0.727 bits per heavy atom. The van der Waals surface area contributed by atoms with Gasteiger partial charge in [-0.25, -0.2) is 0 Å². The van der Waals surface area contributed by atoms with Crippen molar-refractivity contribution in [1.82, 2.24) is 0 Å². The Hall–Kier alpha value is -0.260. The van der Waals surface area contributed by atoms with E-state index in [4.69, 9.17) is 0 Å². The Morgan fingerprint density at radius 2 is 0.909 bits per heavy atom. The summed E-state index contributed by atoms with van der Waals surface area (Å²) in [6.07, 6.45) is 7.89. The fraction of sp³-hybridized carbons (Fsp3) is 0.818. The van der Waals surface area contributed by atoms with Crippen molar-refractivity contribution in [3.8, 4) is 0 Å². The first-order chi connectivity index (χ1) is 5.24. The van der Waals surface area contributed by atoms with E-state index in [0.717, 1.165) is 0 Å². The summed E-state index contributed by atoms with van der Waals surface area (Å²) < 4.78 is 0. The molecule has 0 saturated carbocycles. The van der Waals surface area contributed by atoms with Gasteiger partial charge in [0, 0.05) is 0 Å². The fourth-order valence-corrected chi connectivity index (χ4v) is 0. The predicted molar refractivity (Wildman–Crippen MR) is 57.0 cm³/mol. The molecule has 0 amide bonds. The van der Waals surface area contributed by atoms with E-state index in [1.54, 1.807) is 0 Å². The van der Waals surface area contributed by atoms with Gasteiger partial charge in [-0.3, -0.25) is 0 Å². The number of hydrogen-bond acceptors (Lipinski definition) is 0. The van der Waals surface area contributed by atoms with E-state index in [1.807, 2.05) is 26.0 Å². The van der Waals surface area contributed by atoms with Gasteiger partial charge in [0.1, 0.15) is 0 Å². The molecule has 0 nitrogen and oxygen atoms in total. The van der Waals surface area contributed by atoms with Crippen LogP contribution in [-0.4, -0.2) is 0 Å². The largest absolute Gasteiger partial charge is 0.0919 e. The van der Waals surface area contributed by atoms with Crippen LogP contribution in [0.5, 0.6) is 0 Å². The van der Waals surface area contributed by atoms with Crippen molar-refractivity contribution in [2.24, 2.45) is 0 Å². The molecule has 0 aromatic heterocycles. The highest BCUT2D eigenvalue weighted by Crippen LogP contribution is 1.76. The lowest BCUT2D eigenvalue weighted by Crippen LogP contribution is -1.47. The van der Waals surface area contributed by atoms with E-state index >= 15 is 0 Å². The van der Waals surface area contributed by atoms with E-state index in [0.29, 0.717) is 0 Å².